The summed E-state index contributed by atoms with van der Waals surface area (Å²) in [5, 5.41) is 1.02. The molecule has 8 heteroatoms. The van der Waals surface area contributed by atoms with Gasteiger partial charge in [-0.1, -0.05) is 0 Å². The summed E-state index contributed by atoms with van der Waals surface area (Å²) in [6, 6.07) is 7.96. The second kappa shape index (κ2) is 9.85. The summed E-state index contributed by atoms with van der Waals surface area (Å²) >= 11 is 0. The molecule has 3 aromatic rings. The lowest BCUT2D eigenvalue weighted by Gasteiger charge is -2.33. The fraction of sp³-hybridized carbons (Fsp3) is 0.414. The number of rotatable bonds is 6. The van der Waals surface area contributed by atoms with Gasteiger partial charge < -0.3 is 23.5 Å². The minimum atomic E-state index is -0.0911. The predicted octanol–water partition coefficient (Wildman–Crippen LogP) is 4.08. The number of aromatic nitrogens is 1. The molecule has 1 aromatic heterocycles. The molecule has 0 aliphatic carbocycles. The minimum absolute atomic E-state index is 0.0911. The van der Waals surface area contributed by atoms with Crippen LogP contribution in [0.25, 0.3) is 17.0 Å². The maximum Gasteiger partial charge on any atom is 0.231 e. The molecule has 6 rings (SSSR count). The molecule has 0 atom stereocenters. The highest BCUT2D eigenvalue weighted by Gasteiger charge is 2.34. The highest BCUT2D eigenvalue weighted by molar-refractivity contribution is 6.15. The molecular weight excluding hydrogens is 470 g/mol. The Balaban J connectivity index is 1.26. The van der Waals surface area contributed by atoms with E-state index in [1.165, 1.54) is 0 Å². The van der Waals surface area contributed by atoms with Crippen LogP contribution in [0.2, 0.25) is 0 Å². The molecule has 0 amide bonds. The van der Waals surface area contributed by atoms with Crippen molar-refractivity contribution in [3.8, 4) is 17.2 Å². The summed E-state index contributed by atoms with van der Waals surface area (Å²) in [5.41, 5.74) is 4.55. The fourth-order valence-electron chi connectivity index (χ4n) is 5.50. The normalized spacial score (nSPS) is 19.1. The van der Waals surface area contributed by atoms with Crippen LogP contribution in [-0.4, -0.2) is 73.4 Å². The Labute approximate surface area is 216 Å². The van der Waals surface area contributed by atoms with E-state index in [2.05, 4.69) is 27.5 Å². The van der Waals surface area contributed by atoms with Crippen molar-refractivity contribution in [2.24, 2.45) is 0 Å². The number of carbonyl (C=O) groups excluding carboxylic acids is 1. The Morgan fingerprint density at radius 1 is 1.08 bits per heavy atom. The van der Waals surface area contributed by atoms with E-state index in [1.54, 1.807) is 7.11 Å². The van der Waals surface area contributed by atoms with Crippen LogP contribution in [0.15, 0.2) is 36.2 Å². The van der Waals surface area contributed by atoms with Crippen molar-refractivity contribution in [2.75, 3.05) is 53.2 Å². The standard InChI is InChI=1S/C29H33N3O5/c1-4-32-17-20(23-15-22(34-3)5-6-25(23)32)14-26-27(33)24-13-21-16-31(8-7-30-9-11-35-12-10-30)18-36-28(21)19(2)29(24)37-26/h5-6,13-15,17H,4,7-12,16,18H2,1-3H3/b26-14-. The van der Waals surface area contributed by atoms with Gasteiger partial charge in [0.05, 0.1) is 25.9 Å². The van der Waals surface area contributed by atoms with Crippen molar-refractivity contribution >= 4 is 22.8 Å². The summed E-state index contributed by atoms with van der Waals surface area (Å²) in [4.78, 5) is 18.2. The van der Waals surface area contributed by atoms with Gasteiger partial charge in [0.25, 0.3) is 0 Å². The first-order valence-electron chi connectivity index (χ1n) is 13.0. The molecule has 3 aliphatic rings. The number of ether oxygens (including phenoxy) is 4. The molecular formula is C29H33N3O5. The second-order valence-corrected chi connectivity index (χ2v) is 9.84. The highest BCUT2D eigenvalue weighted by Crippen LogP contribution is 2.43. The number of nitrogens with zero attached hydrogens (tertiary/aromatic N) is 3. The average molecular weight is 504 g/mol. The van der Waals surface area contributed by atoms with Crippen LogP contribution < -0.4 is 14.2 Å². The van der Waals surface area contributed by atoms with Crippen molar-refractivity contribution in [1.29, 1.82) is 0 Å². The number of fused-ring (bicyclic) bond motifs is 3. The molecule has 1 saturated heterocycles. The smallest absolute Gasteiger partial charge is 0.231 e. The molecule has 194 valence electrons. The molecule has 0 saturated carbocycles. The van der Waals surface area contributed by atoms with E-state index in [4.69, 9.17) is 18.9 Å². The first-order valence-corrected chi connectivity index (χ1v) is 13.0. The van der Waals surface area contributed by atoms with Gasteiger partial charge in [-0.15, -0.1) is 0 Å². The quantitative estimate of drug-likeness (QED) is 0.470. The summed E-state index contributed by atoms with van der Waals surface area (Å²) in [7, 11) is 1.66. The van der Waals surface area contributed by atoms with Crippen LogP contribution >= 0.6 is 0 Å². The van der Waals surface area contributed by atoms with E-state index >= 15 is 0 Å². The molecule has 37 heavy (non-hydrogen) atoms. The Morgan fingerprint density at radius 3 is 2.68 bits per heavy atom. The number of carbonyl (C=O) groups is 1. The predicted molar refractivity (Wildman–Crippen MR) is 141 cm³/mol. The van der Waals surface area contributed by atoms with E-state index < -0.39 is 0 Å². The third-order valence-corrected chi connectivity index (χ3v) is 7.58. The Morgan fingerprint density at radius 2 is 1.89 bits per heavy atom. The van der Waals surface area contributed by atoms with Crippen molar-refractivity contribution in [2.45, 2.75) is 26.9 Å². The second-order valence-electron chi connectivity index (χ2n) is 9.84. The van der Waals surface area contributed by atoms with Gasteiger partial charge in [-0.25, -0.2) is 0 Å². The Bertz CT molecular complexity index is 1390. The minimum Gasteiger partial charge on any atom is -0.497 e. The highest BCUT2D eigenvalue weighted by atomic mass is 16.5. The summed E-state index contributed by atoms with van der Waals surface area (Å²) < 4.78 is 25.4. The SMILES string of the molecule is CCn1cc(/C=C2\Oc3c(cc4c(c3C)OCN(CCN3CCOCC3)C4)C2=O)c2cc(OC)ccc21. The van der Waals surface area contributed by atoms with Crippen LogP contribution in [-0.2, 0) is 17.8 Å². The molecule has 2 aromatic carbocycles. The van der Waals surface area contributed by atoms with Gasteiger partial charge in [-0.05, 0) is 44.2 Å². The first kappa shape index (κ1) is 24.0. The third kappa shape index (κ3) is 4.39. The van der Waals surface area contributed by atoms with E-state index in [0.717, 1.165) is 91.6 Å². The maximum absolute atomic E-state index is 13.5. The number of ketones is 1. The Kier molecular flexibility index (Phi) is 6.40. The molecule has 1 fully saturated rings. The topological polar surface area (TPSA) is 65.4 Å². The molecule has 0 bridgehead atoms. The molecule has 0 radical (unpaired) electrons. The first-order chi connectivity index (χ1) is 18.1. The van der Waals surface area contributed by atoms with Gasteiger partial charge in [-0.3, -0.25) is 14.6 Å². The zero-order chi connectivity index (χ0) is 25.5. The maximum atomic E-state index is 13.5. The van der Waals surface area contributed by atoms with E-state index in [9.17, 15) is 4.79 Å². The van der Waals surface area contributed by atoms with Crippen LogP contribution in [0, 0.1) is 6.92 Å². The summed E-state index contributed by atoms with van der Waals surface area (Å²) in [6.45, 7) is 11.6. The van der Waals surface area contributed by atoms with Crippen LogP contribution in [0.3, 0.4) is 0 Å². The number of hydrogen-bond donors (Lipinski definition) is 0. The van der Waals surface area contributed by atoms with Crippen molar-refractivity contribution in [3.05, 3.63) is 58.5 Å². The van der Waals surface area contributed by atoms with Gasteiger partial charge in [0.15, 0.2) is 5.76 Å². The zero-order valence-corrected chi connectivity index (χ0v) is 21.7. The number of benzene rings is 2. The van der Waals surface area contributed by atoms with Crippen molar-refractivity contribution in [3.63, 3.8) is 0 Å². The molecule has 4 heterocycles. The van der Waals surface area contributed by atoms with Gasteiger partial charge in [-0.2, -0.15) is 0 Å². The van der Waals surface area contributed by atoms with Crippen LogP contribution in [0.1, 0.15) is 34.0 Å². The van der Waals surface area contributed by atoms with Gasteiger partial charge in [0.2, 0.25) is 5.78 Å². The van der Waals surface area contributed by atoms with Gasteiger partial charge >= 0.3 is 0 Å². The largest absolute Gasteiger partial charge is 0.497 e. The van der Waals surface area contributed by atoms with E-state index in [0.29, 0.717) is 23.8 Å². The molecule has 0 N–H and O–H groups in total. The average Bonchev–Trinajstić information content (AvgIpc) is 3.44. The number of allylic oxidation sites excluding steroid dienone is 1. The number of methoxy groups -OCH3 is 1. The number of hydrogen-bond acceptors (Lipinski definition) is 7. The fourth-order valence-corrected chi connectivity index (χ4v) is 5.50. The van der Waals surface area contributed by atoms with Crippen LogP contribution in [0.4, 0.5) is 0 Å². The molecule has 0 spiro atoms. The number of morpholine rings is 1. The van der Waals surface area contributed by atoms with Crippen LogP contribution in [0.5, 0.6) is 17.2 Å². The Hall–Kier alpha value is -3.33. The van der Waals surface area contributed by atoms with E-state index in [1.807, 2.05) is 37.3 Å². The lowest BCUT2D eigenvalue weighted by Crippen LogP contribution is -2.43. The van der Waals surface area contributed by atoms with E-state index in [-0.39, 0.29) is 5.78 Å². The molecule has 0 unspecified atom stereocenters. The lowest BCUT2D eigenvalue weighted by molar-refractivity contribution is 0.0239. The molecule has 3 aliphatic heterocycles. The van der Waals surface area contributed by atoms with Gasteiger partial charge in [0, 0.05) is 73.1 Å². The number of aryl methyl sites for hydroxylation is 1. The van der Waals surface area contributed by atoms with Crippen molar-refractivity contribution in [1.82, 2.24) is 14.4 Å². The van der Waals surface area contributed by atoms with Gasteiger partial charge in [0.1, 0.15) is 24.0 Å². The molecule has 8 nitrogen and oxygen atoms in total. The zero-order valence-electron chi connectivity index (χ0n) is 21.7. The summed E-state index contributed by atoms with van der Waals surface area (Å²) in [6.07, 6.45) is 3.91. The lowest BCUT2D eigenvalue weighted by atomic mass is 10.00. The monoisotopic (exact) mass is 503 g/mol. The third-order valence-electron chi connectivity index (χ3n) is 7.58. The number of Topliss-reactive ketones (excluding diaryl/α,β-unsaturated/α-hetero) is 1. The summed E-state index contributed by atoms with van der Waals surface area (Å²) in [5.74, 6) is 2.47. The van der Waals surface area contributed by atoms with Crippen molar-refractivity contribution < 1.29 is 23.7 Å².